The largest absolute Gasteiger partial charge is 0.436 e. The third kappa shape index (κ3) is 5.04. The van der Waals surface area contributed by atoms with Gasteiger partial charge in [-0.25, -0.2) is 9.78 Å². The molecule has 1 N–H and O–H groups in total. The molecule has 1 aromatic heterocycles. The van der Waals surface area contributed by atoms with Gasteiger partial charge in [0.25, 0.3) is 5.91 Å². The molecule has 150 valence electrons. The third-order valence-electron chi connectivity index (χ3n) is 4.77. The SMILES string of the molecule is C#CCOC(=O)N1CCC(c2nc(C(=O)Nc3ccccc3C(=C)C)cs2)CC1. The molecule has 2 heterocycles. The van der Waals surface area contributed by atoms with Crippen molar-refractivity contribution in [2.45, 2.75) is 25.7 Å². The summed E-state index contributed by atoms with van der Waals surface area (Å²) < 4.78 is 4.97. The first-order chi connectivity index (χ1) is 14.0. The summed E-state index contributed by atoms with van der Waals surface area (Å²) in [7, 11) is 0. The highest BCUT2D eigenvalue weighted by Gasteiger charge is 2.27. The Morgan fingerprint density at radius 3 is 2.79 bits per heavy atom. The highest BCUT2D eigenvalue weighted by molar-refractivity contribution is 7.10. The summed E-state index contributed by atoms with van der Waals surface area (Å²) >= 11 is 1.48. The van der Waals surface area contributed by atoms with Crippen LogP contribution in [0.25, 0.3) is 5.57 Å². The van der Waals surface area contributed by atoms with Crippen LogP contribution < -0.4 is 5.32 Å². The molecular formula is C22H23N3O3S. The first-order valence-electron chi connectivity index (χ1n) is 9.36. The number of anilines is 1. The minimum atomic E-state index is -0.378. The summed E-state index contributed by atoms with van der Waals surface area (Å²) in [6, 6.07) is 7.56. The first-order valence-corrected chi connectivity index (χ1v) is 10.2. The normalized spacial score (nSPS) is 14.1. The lowest BCUT2D eigenvalue weighted by Gasteiger charge is -2.30. The number of benzene rings is 1. The number of likely N-dealkylation sites (tertiary alicyclic amines) is 1. The number of nitrogens with one attached hydrogen (secondary N) is 1. The summed E-state index contributed by atoms with van der Waals surface area (Å²) in [5, 5.41) is 5.62. The Morgan fingerprint density at radius 1 is 1.38 bits per heavy atom. The zero-order chi connectivity index (χ0) is 20.8. The molecule has 0 spiro atoms. The maximum absolute atomic E-state index is 12.6. The zero-order valence-electron chi connectivity index (χ0n) is 16.3. The van der Waals surface area contributed by atoms with Crippen LogP contribution >= 0.6 is 11.3 Å². The van der Waals surface area contributed by atoms with E-state index in [1.54, 1.807) is 10.3 Å². The summed E-state index contributed by atoms with van der Waals surface area (Å²) in [6.07, 6.45) is 6.29. The molecule has 1 aliphatic heterocycles. The highest BCUT2D eigenvalue weighted by Crippen LogP contribution is 2.31. The van der Waals surface area contributed by atoms with Gasteiger partial charge < -0.3 is 15.0 Å². The van der Waals surface area contributed by atoms with E-state index in [0.29, 0.717) is 18.8 Å². The number of amides is 2. The Hall–Kier alpha value is -3.11. The Balaban J connectivity index is 1.60. The second-order valence-electron chi connectivity index (χ2n) is 6.87. The number of para-hydroxylation sites is 1. The van der Waals surface area contributed by atoms with Crippen molar-refractivity contribution in [3.63, 3.8) is 0 Å². The number of terminal acetylenes is 1. The number of aromatic nitrogens is 1. The molecule has 0 saturated carbocycles. The van der Waals surface area contributed by atoms with Gasteiger partial charge in [0.1, 0.15) is 5.69 Å². The minimum absolute atomic E-state index is 0.0157. The van der Waals surface area contributed by atoms with Gasteiger partial charge >= 0.3 is 6.09 Å². The number of hydrogen-bond acceptors (Lipinski definition) is 5. The summed E-state index contributed by atoms with van der Waals surface area (Å²) in [5.41, 5.74) is 2.91. The van der Waals surface area contributed by atoms with Crippen molar-refractivity contribution >= 4 is 34.6 Å². The van der Waals surface area contributed by atoms with Crippen LogP contribution in [0.15, 0.2) is 36.2 Å². The first kappa shape index (κ1) is 20.6. The topological polar surface area (TPSA) is 71.5 Å². The molecular weight excluding hydrogens is 386 g/mol. The second kappa shape index (κ2) is 9.39. The Bertz CT molecular complexity index is 952. The van der Waals surface area contributed by atoms with E-state index in [9.17, 15) is 9.59 Å². The van der Waals surface area contributed by atoms with E-state index in [4.69, 9.17) is 11.2 Å². The van der Waals surface area contributed by atoms with Gasteiger partial charge in [-0.15, -0.1) is 17.8 Å². The van der Waals surface area contributed by atoms with Crippen LogP contribution in [-0.2, 0) is 4.74 Å². The van der Waals surface area contributed by atoms with Gasteiger partial charge in [-0.05, 0) is 31.4 Å². The molecule has 7 heteroatoms. The Kier molecular flexibility index (Phi) is 6.68. The van der Waals surface area contributed by atoms with Gasteiger partial charge in [0.15, 0.2) is 6.61 Å². The number of allylic oxidation sites excluding steroid dienone is 1. The van der Waals surface area contributed by atoms with Crippen LogP contribution in [0.2, 0.25) is 0 Å². The van der Waals surface area contributed by atoms with E-state index in [1.807, 2.05) is 31.2 Å². The molecule has 0 aliphatic carbocycles. The molecule has 29 heavy (non-hydrogen) atoms. The molecule has 3 rings (SSSR count). The van der Waals surface area contributed by atoms with Crippen LogP contribution in [0, 0.1) is 12.3 Å². The number of piperidine rings is 1. The number of rotatable bonds is 5. The monoisotopic (exact) mass is 409 g/mol. The summed E-state index contributed by atoms with van der Waals surface area (Å²) in [4.78, 5) is 30.7. The fourth-order valence-electron chi connectivity index (χ4n) is 3.23. The van der Waals surface area contributed by atoms with E-state index < -0.39 is 0 Å². The minimum Gasteiger partial charge on any atom is -0.436 e. The van der Waals surface area contributed by atoms with Crippen molar-refractivity contribution in [3.8, 4) is 12.3 Å². The van der Waals surface area contributed by atoms with Gasteiger partial charge in [0.2, 0.25) is 0 Å². The number of nitrogens with zero attached hydrogens (tertiary/aromatic N) is 2. The van der Waals surface area contributed by atoms with Crippen molar-refractivity contribution in [2.75, 3.05) is 25.0 Å². The number of thiazole rings is 1. The fraction of sp³-hybridized carbons (Fsp3) is 0.318. The van der Waals surface area contributed by atoms with E-state index in [1.165, 1.54) is 11.3 Å². The van der Waals surface area contributed by atoms with Crippen LogP contribution in [-0.4, -0.2) is 41.6 Å². The number of carbonyl (C=O) groups excluding carboxylic acids is 2. The molecule has 0 unspecified atom stereocenters. The van der Waals surface area contributed by atoms with Gasteiger partial charge in [-0.2, -0.15) is 0 Å². The lowest BCUT2D eigenvalue weighted by atomic mass is 9.98. The van der Waals surface area contributed by atoms with Crippen LogP contribution in [0.1, 0.15) is 46.7 Å². The highest BCUT2D eigenvalue weighted by atomic mass is 32.1. The maximum atomic E-state index is 12.6. The standard InChI is InChI=1S/C22H23N3O3S/c1-4-13-28-22(27)25-11-9-16(10-12-25)21-24-19(14-29-21)20(26)23-18-8-6-5-7-17(18)15(2)3/h1,5-8,14,16H,2,9-13H2,3H3,(H,23,26). The lowest BCUT2D eigenvalue weighted by molar-refractivity contribution is 0.102. The van der Waals surface area contributed by atoms with E-state index in [2.05, 4.69) is 22.8 Å². The van der Waals surface area contributed by atoms with Gasteiger partial charge in [-0.3, -0.25) is 4.79 Å². The number of ether oxygens (including phenoxy) is 1. The predicted molar refractivity (Wildman–Crippen MR) is 115 cm³/mol. The van der Waals surface area contributed by atoms with Crippen molar-refractivity contribution < 1.29 is 14.3 Å². The van der Waals surface area contributed by atoms with Gasteiger partial charge in [0, 0.05) is 35.6 Å². The zero-order valence-corrected chi connectivity index (χ0v) is 17.1. The average Bonchev–Trinajstić information content (AvgIpc) is 3.23. The van der Waals surface area contributed by atoms with Crippen molar-refractivity contribution in [1.29, 1.82) is 0 Å². The molecule has 1 aromatic carbocycles. The maximum Gasteiger partial charge on any atom is 0.410 e. The van der Waals surface area contributed by atoms with Crippen molar-refractivity contribution in [2.24, 2.45) is 0 Å². The predicted octanol–water partition coefficient (Wildman–Crippen LogP) is 4.38. The quantitative estimate of drug-likeness (QED) is 0.744. The van der Waals surface area contributed by atoms with Crippen LogP contribution in [0.4, 0.5) is 10.5 Å². The molecule has 0 bridgehead atoms. The van der Waals surface area contributed by atoms with Crippen LogP contribution in [0.3, 0.4) is 0 Å². The summed E-state index contributed by atoms with van der Waals surface area (Å²) in [6.45, 7) is 7.01. The lowest BCUT2D eigenvalue weighted by Crippen LogP contribution is -2.38. The molecule has 1 aliphatic rings. The van der Waals surface area contributed by atoms with Gasteiger partial charge in [-0.1, -0.05) is 30.7 Å². The average molecular weight is 410 g/mol. The molecule has 1 saturated heterocycles. The number of carbonyl (C=O) groups is 2. The molecule has 2 aromatic rings. The van der Waals surface area contributed by atoms with Crippen LogP contribution in [0.5, 0.6) is 0 Å². The molecule has 1 fully saturated rings. The van der Waals surface area contributed by atoms with Crippen molar-refractivity contribution in [3.05, 3.63) is 52.5 Å². The summed E-state index contributed by atoms with van der Waals surface area (Å²) in [5.74, 6) is 2.28. The van der Waals surface area contributed by atoms with E-state index >= 15 is 0 Å². The molecule has 0 atom stereocenters. The Labute approximate surface area is 174 Å². The third-order valence-corrected chi connectivity index (χ3v) is 5.78. The molecule has 6 nitrogen and oxygen atoms in total. The fourth-order valence-corrected chi connectivity index (χ4v) is 4.21. The van der Waals surface area contributed by atoms with Gasteiger partial charge in [0.05, 0.1) is 5.01 Å². The second-order valence-corrected chi connectivity index (χ2v) is 7.76. The Morgan fingerprint density at radius 2 is 2.10 bits per heavy atom. The molecule has 2 amide bonds. The van der Waals surface area contributed by atoms with Crippen molar-refractivity contribution in [1.82, 2.24) is 9.88 Å². The van der Waals surface area contributed by atoms with E-state index in [0.717, 1.165) is 34.7 Å². The van der Waals surface area contributed by atoms with E-state index in [-0.39, 0.29) is 24.5 Å². The smallest absolute Gasteiger partial charge is 0.410 e. The molecule has 0 radical (unpaired) electrons. The number of hydrogen-bond donors (Lipinski definition) is 1.